The van der Waals surface area contributed by atoms with Gasteiger partial charge in [0.1, 0.15) is 12.0 Å². The number of anilines is 1. The molecular formula is C10H15BrFN3O3. The van der Waals surface area contributed by atoms with E-state index in [9.17, 15) is 9.18 Å². The topological polar surface area (TPSA) is 90.4 Å². The van der Waals surface area contributed by atoms with Crippen molar-refractivity contribution in [2.75, 3.05) is 18.2 Å². The van der Waals surface area contributed by atoms with Crippen molar-refractivity contribution in [1.82, 2.24) is 9.55 Å². The molecular weight excluding hydrogens is 309 g/mol. The maximum Gasteiger partial charge on any atom is 0.351 e. The number of rotatable bonds is 2. The molecule has 3 unspecified atom stereocenters. The molecule has 102 valence electrons. The summed E-state index contributed by atoms with van der Waals surface area (Å²) in [5.74, 6) is 1.89. The lowest BCUT2D eigenvalue weighted by Crippen LogP contribution is -2.30. The second kappa shape index (κ2) is 6.81. The average Bonchev–Trinajstić information content (AvgIpc) is 2.73. The number of nitrogens with two attached hydrogens (primary N) is 1. The maximum absolute atomic E-state index is 13.5. The zero-order valence-electron chi connectivity index (χ0n) is 9.79. The highest BCUT2D eigenvalue weighted by Crippen LogP contribution is 2.29. The lowest BCUT2D eigenvalue weighted by molar-refractivity contribution is -0.0393. The highest BCUT2D eigenvalue weighted by molar-refractivity contribution is 9.08. The number of aliphatic hydroxyl groups is 1. The minimum absolute atomic E-state index is 0.0674. The third kappa shape index (κ3) is 3.27. The summed E-state index contributed by atoms with van der Waals surface area (Å²) in [5.41, 5.74) is 4.65. The van der Waals surface area contributed by atoms with E-state index in [4.69, 9.17) is 15.6 Å². The summed E-state index contributed by atoms with van der Waals surface area (Å²) < 4.78 is 19.8. The maximum atomic E-state index is 13.5. The molecule has 1 saturated heterocycles. The van der Waals surface area contributed by atoms with Crippen LogP contribution in [0.3, 0.4) is 0 Å². The molecule has 3 atom stereocenters. The molecule has 0 amide bonds. The van der Waals surface area contributed by atoms with Gasteiger partial charge in [-0.2, -0.15) is 4.98 Å². The monoisotopic (exact) mass is 323 g/mol. The SMILES string of the molecule is CBr.Nc1ccn(C2OC(CO)CC2F)c(=O)n1. The van der Waals surface area contributed by atoms with Crippen molar-refractivity contribution in [3.05, 3.63) is 22.7 Å². The third-order valence-corrected chi connectivity index (χ3v) is 2.46. The number of aromatic nitrogens is 2. The second-order valence-electron chi connectivity index (χ2n) is 3.63. The van der Waals surface area contributed by atoms with Crippen molar-refractivity contribution >= 4 is 21.7 Å². The van der Waals surface area contributed by atoms with Crippen LogP contribution in [0.4, 0.5) is 10.2 Å². The molecule has 3 N–H and O–H groups in total. The fourth-order valence-electron chi connectivity index (χ4n) is 1.68. The van der Waals surface area contributed by atoms with Crippen LogP contribution in [0.5, 0.6) is 0 Å². The van der Waals surface area contributed by atoms with Gasteiger partial charge in [-0.3, -0.25) is 4.57 Å². The van der Waals surface area contributed by atoms with Crippen molar-refractivity contribution < 1.29 is 14.2 Å². The lowest BCUT2D eigenvalue weighted by Gasteiger charge is -2.15. The van der Waals surface area contributed by atoms with Gasteiger partial charge in [0.15, 0.2) is 6.23 Å². The van der Waals surface area contributed by atoms with Crippen molar-refractivity contribution in [3.63, 3.8) is 0 Å². The first-order valence-electron chi connectivity index (χ1n) is 5.24. The third-order valence-electron chi connectivity index (χ3n) is 2.46. The number of nitrogen functional groups attached to an aromatic ring is 1. The normalized spacial score (nSPS) is 26.6. The van der Waals surface area contributed by atoms with Crippen molar-refractivity contribution in [3.8, 4) is 0 Å². The van der Waals surface area contributed by atoms with Crippen LogP contribution in [0.15, 0.2) is 17.1 Å². The van der Waals surface area contributed by atoms with Gasteiger partial charge in [-0.1, -0.05) is 15.9 Å². The molecule has 0 aromatic carbocycles. The lowest BCUT2D eigenvalue weighted by atomic mass is 10.2. The van der Waals surface area contributed by atoms with Gasteiger partial charge in [-0.15, -0.1) is 0 Å². The Bertz CT molecular complexity index is 443. The van der Waals surface area contributed by atoms with Crippen LogP contribution in [0.25, 0.3) is 0 Å². The van der Waals surface area contributed by atoms with Crippen LogP contribution in [0.2, 0.25) is 0 Å². The van der Waals surface area contributed by atoms with E-state index in [1.54, 1.807) is 0 Å². The van der Waals surface area contributed by atoms with Gasteiger partial charge >= 0.3 is 5.69 Å². The molecule has 0 bridgehead atoms. The molecule has 1 aromatic rings. The van der Waals surface area contributed by atoms with Gasteiger partial charge in [-0.25, -0.2) is 9.18 Å². The summed E-state index contributed by atoms with van der Waals surface area (Å²) in [6.07, 6.45) is -1.54. The van der Waals surface area contributed by atoms with Crippen LogP contribution in [0, 0.1) is 0 Å². The van der Waals surface area contributed by atoms with E-state index >= 15 is 0 Å². The number of halogens is 2. The number of aliphatic hydroxyl groups excluding tert-OH is 1. The number of alkyl halides is 2. The van der Waals surface area contributed by atoms with Gasteiger partial charge in [0.25, 0.3) is 0 Å². The second-order valence-corrected chi connectivity index (χ2v) is 3.63. The smallest absolute Gasteiger partial charge is 0.351 e. The summed E-state index contributed by atoms with van der Waals surface area (Å²) in [7, 11) is 0. The zero-order chi connectivity index (χ0) is 13.7. The van der Waals surface area contributed by atoms with E-state index < -0.39 is 24.2 Å². The minimum Gasteiger partial charge on any atom is -0.394 e. The van der Waals surface area contributed by atoms with Gasteiger partial charge < -0.3 is 15.6 Å². The van der Waals surface area contributed by atoms with Gasteiger partial charge in [0.2, 0.25) is 0 Å². The summed E-state index contributed by atoms with van der Waals surface area (Å²) in [5, 5.41) is 8.85. The summed E-state index contributed by atoms with van der Waals surface area (Å²) in [6, 6.07) is 1.39. The Kier molecular flexibility index (Phi) is 5.70. The van der Waals surface area contributed by atoms with E-state index in [1.807, 2.05) is 5.83 Å². The first-order valence-corrected chi connectivity index (χ1v) is 6.83. The first kappa shape index (κ1) is 15.1. The van der Waals surface area contributed by atoms with Crippen LogP contribution in [-0.4, -0.2) is 39.4 Å². The number of hydrogen-bond acceptors (Lipinski definition) is 5. The summed E-state index contributed by atoms with van der Waals surface area (Å²) >= 11 is 2.94. The standard InChI is InChI=1S/C9H12FN3O3.CH3Br/c10-6-3-5(4-14)16-8(6)13-2-1-7(11)12-9(13)15;1-2/h1-2,5-6,8,14H,3-4H2,(H2,11,12,15);1H3. The minimum atomic E-state index is -1.33. The van der Waals surface area contributed by atoms with Crippen LogP contribution < -0.4 is 11.4 Å². The fourth-order valence-corrected chi connectivity index (χ4v) is 1.68. The molecule has 1 aromatic heterocycles. The van der Waals surface area contributed by atoms with E-state index in [2.05, 4.69) is 20.9 Å². The molecule has 1 aliphatic heterocycles. The molecule has 6 nitrogen and oxygen atoms in total. The Morgan fingerprint density at radius 2 is 2.39 bits per heavy atom. The summed E-state index contributed by atoms with van der Waals surface area (Å²) in [6.45, 7) is -0.270. The molecule has 8 heteroatoms. The van der Waals surface area contributed by atoms with Crippen molar-refractivity contribution in [2.24, 2.45) is 0 Å². The highest BCUT2D eigenvalue weighted by atomic mass is 79.9. The molecule has 1 aliphatic rings. The largest absolute Gasteiger partial charge is 0.394 e. The molecule has 18 heavy (non-hydrogen) atoms. The molecule has 0 spiro atoms. The molecule has 0 saturated carbocycles. The quantitative estimate of drug-likeness (QED) is 0.771. The Morgan fingerprint density at radius 1 is 1.72 bits per heavy atom. The molecule has 2 rings (SSSR count). The van der Waals surface area contributed by atoms with Crippen LogP contribution in [0.1, 0.15) is 12.6 Å². The molecule has 0 aliphatic carbocycles. The Morgan fingerprint density at radius 3 is 2.89 bits per heavy atom. The van der Waals surface area contributed by atoms with Crippen molar-refractivity contribution in [1.29, 1.82) is 0 Å². The van der Waals surface area contributed by atoms with Crippen molar-refractivity contribution in [2.45, 2.75) is 24.9 Å². The van der Waals surface area contributed by atoms with Crippen LogP contribution in [-0.2, 0) is 4.74 Å². The highest BCUT2D eigenvalue weighted by Gasteiger charge is 2.36. The predicted molar refractivity (Wildman–Crippen MR) is 68.3 cm³/mol. The van der Waals surface area contributed by atoms with Gasteiger partial charge in [-0.05, 0) is 11.9 Å². The zero-order valence-corrected chi connectivity index (χ0v) is 11.4. The number of ether oxygens (including phenoxy) is 1. The first-order chi connectivity index (χ1) is 8.61. The van der Waals surface area contributed by atoms with E-state index in [1.165, 1.54) is 12.3 Å². The molecule has 0 radical (unpaired) electrons. The van der Waals surface area contributed by atoms with Crippen LogP contribution >= 0.6 is 15.9 Å². The Balaban J connectivity index is 0.000000771. The average molecular weight is 324 g/mol. The number of nitrogens with zero attached hydrogens (tertiary/aromatic N) is 2. The van der Waals surface area contributed by atoms with Gasteiger partial charge in [0.05, 0.1) is 12.7 Å². The van der Waals surface area contributed by atoms with Gasteiger partial charge in [0, 0.05) is 12.6 Å². The summed E-state index contributed by atoms with van der Waals surface area (Å²) in [4.78, 5) is 14.9. The fraction of sp³-hybridized carbons (Fsp3) is 0.600. The van der Waals surface area contributed by atoms with E-state index in [0.29, 0.717) is 0 Å². The Labute approximate surface area is 112 Å². The molecule has 2 heterocycles. The van der Waals surface area contributed by atoms with E-state index in [-0.39, 0.29) is 18.8 Å². The number of hydrogen-bond donors (Lipinski definition) is 2. The van der Waals surface area contributed by atoms with E-state index in [0.717, 1.165) is 4.57 Å². The Hall–Kier alpha value is -0.990. The molecule has 1 fully saturated rings. The predicted octanol–water partition coefficient (Wildman–Crippen LogP) is 0.455.